The molecule has 1 atom stereocenters. The fourth-order valence-corrected chi connectivity index (χ4v) is 2.82. The fourth-order valence-electron chi connectivity index (χ4n) is 2.82. The molecular formula is C22H23N3O2. The van der Waals surface area contributed by atoms with E-state index in [2.05, 4.69) is 10.3 Å². The van der Waals surface area contributed by atoms with Crippen LogP contribution in [-0.2, 0) is 4.79 Å². The Labute approximate surface area is 159 Å². The van der Waals surface area contributed by atoms with E-state index in [4.69, 9.17) is 4.74 Å². The lowest BCUT2D eigenvalue weighted by atomic mass is 10.1. The average molecular weight is 361 g/mol. The second-order valence-corrected chi connectivity index (χ2v) is 6.33. The van der Waals surface area contributed by atoms with E-state index in [-0.39, 0.29) is 11.9 Å². The number of carbonyl (C=O) groups excluding carboxylic acids is 1. The zero-order valence-electron chi connectivity index (χ0n) is 15.7. The van der Waals surface area contributed by atoms with Gasteiger partial charge in [0.15, 0.2) is 0 Å². The first kappa shape index (κ1) is 18.5. The van der Waals surface area contributed by atoms with Gasteiger partial charge < -0.3 is 14.6 Å². The molecule has 5 nitrogen and oxygen atoms in total. The molecule has 1 amide bonds. The molecule has 1 heterocycles. The number of nitrogens with one attached hydrogen (secondary N) is 1. The smallest absolute Gasteiger partial charge is 0.244 e. The molecule has 0 fully saturated rings. The molecule has 1 aromatic heterocycles. The van der Waals surface area contributed by atoms with E-state index < -0.39 is 0 Å². The number of aromatic nitrogens is 2. The predicted octanol–water partition coefficient (Wildman–Crippen LogP) is 4.08. The summed E-state index contributed by atoms with van der Waals surface area (Å²) in [5.41, 5.74) is 3.79. The molecule has 27 heavy (non-hydrogen) atoms. The summed E-state index contributed by atoms with van der Waals surface area (Å²) in [7, 11) is 1.63. The summed E-state index contributed by atoms with van der Waals surface area (Å²) in [5, 5.41) is 2.97. The number of amides is 1. The first-order chi connectivity index (χ1) is 13.1. The molecule has 0 aliphatic carbocycles. The van der Waals surface area contributed by atoms with Gasteiger partial charge in [0.1, 0.15) is 5.75 Å². The molecule has 0 unspecified atom stereocenters. The van der Waals surface area contributed by atoms with Crippen molar-refractivity contribution in [2.24, 2.45) is 0 Å². The van der Waals surface area contributed by atoms with E-state index in [9.17, 15) is 4.79 Å². The van der Waals surface area contributed by atoms with Crippen LogP contribution in [0.4, 0.5) is 0 Å². The Bertz CT molecular complexity index is 945. The minimum atomic E-state index is -0.139. The van der Waals surface area contributed by atoms with Gasteiger partial charge in [0.25, 0.3) is 0 Å². The van der Waals surface area contributed by atoms with Crippen LogP contribution in [0.5, 0.6) is 5.75 Å². The number of ether oxygens (including phenoxy) is 1. The van der Waals surface area contributed by atoms with Crippen molar-refractivity contribution >= 4 is 12.0 Å². The zero-order chi connectivity index (χ0) is 19.2. The predicted molar refractivity (Wildman–Crippen MR) is 107 cm³/mol. The van der Waals surface area contributed by atoms with Gasteiger partial charge in [-0.1, -0.05) is 36.4 Å². The van der Waals surface area contributed by atoms with Gasteiger partial charge in [0, 0.05) is 12.3 Å². The number of carbonyl (C=O) groups is 1. The minimum absolute atomic E-state index is 0.0512. The first-order valence-electron chi connectivity index (χ1n) is 8.79. The quantitative estimate of drug-likeness (QED) is 0.673. The second kappa shape index (κ2) is 8.36. The molecule has 1 N–H and O–H groups in total. The third-order valence-corrected chi connectivity index (χ3v) is 4.28. The average Bonchev–Trinajstić information content (AvgIpc) is 3.13. The van der Waals surface area contributed by atoms with E-state index in [1.54, 1.807) is 19.5 Å². The molecule has 0 aliphatic rings. The Morgan fingerprint density at radius 2 is 2.00 bits per heavy atom. The van der Waals surface area contributed by atoms with Crippen molar-refractivity contribution in [3.8, 4) is 11.4 Å². The summed E-state index contributed by atoms with van der Waals surface area (Å²) >= 11 is 0. The van der Waals surface area contributed by atoms with Crippen LogP contribution in [-0.4, -0.2) is 22.6 Å². The topological polar surface area (TPSA) is 56.1 Å². The lowest BCUT2D eigenvalue weighted by molar-refractivity contribution is -0.117. The van der Waals surface area contributed by atoms with Crippen LogP contribution in [0.15, 0.2) is 67.1 Å². The fraction of sp³-hybridized carbons (Fsp3) is 0.182. The standard InChI is InChI=1S/C22H23N3O2/c1-16-14-25(15-23-16)20-11-9-18(13-21(20)27-3)10-12-22(26)24-17(2)19-7-5-4-6-8-19/h4-15,17H,1-3H3,(H,24,26)/t17-/m0/s1. The summed E-state index contributed by atoms with van der Waals surface area (Å²) in [6, 6.07) is 15.6. The highest BCUT2D eigenvalue weighted by Gasteiger charge is 2.08. The normalized spacial score (nSPS) is 12.1. The Kier molecular flexibility index (Phi) is 5.71. The molecule has 3 rings (SSSR count). The highest BCUT2D eigenvalue weighted by Crippen LogP contribution is 2.25. The summed E-state index contributed by atoms with van der Waals surface area (Å²) in [4.78, 5) is 16.4. The molecular weight excluding hydrogens is 338 g/mol. The number of rotatable bonds is 6. The van der Waals surface area contributed by atoms with Crippen LogP contribution in [0, 0.1) is 6.92 Å². The lowest BCUT2D eigenvalue weighted by Gasteiger charge is -2.12. The van der Waals surface area contributed by atoms with Gasteiger partial charge in [-0.15, -0.1) is 0 Å². The van der Waals surface area contributed by atoms with Gasteiger partial charge in [-0.2, -0.15) is 0 Å². The Hall–Kier alpha value is -3.34. The highest BCUT2D eigenvalue weighted by molar-refractivity contribution is 5.92. The number of imidazole rings is 1. The molecule has 0 spiro atoms. The van der Waals surface area contributed by atoms with Crippen LogP contribution in [0.3, 0.4) is 0 Å². The van der Waals surface area contributed by atoms with Crippen molar-refractivity contribution in [3.63, 3.8) is 0 Å². The molecule has 138 valence electrons. The Balaban J connectivity index is 1.70. The van der Waals surface area contributed by atoms with E-state index >= 15 is 0 Å². The van der Waals surface area contributed by atoms with Crippen LogP contribution in [0.1, 0.15) is 29.8 Å². The first-order valence-corrected chi connectivity index (χ1v) is 8.79. The number of methoxy groups -OCH3 is 1. The van der Waals surface area contributed by atoms with Gasteiger partial charge in [0.2, 0.25) is 5.91 Å². The number of nitrogens with zero attached hydrogens (tertiary/aromatic N) is 2. The van der Waals surface area contributed by atoms with Crippen LogP contribution in [0.2, 0.25) is 0 Å². The summed E-state index contributed by atoms with van der Waals surface area (Å²) in [6.07, 6.45) is 7.00. The molecule has 0 radical (unpaired) electrons. The van der Waals surface area contributed by atoms with Crippen molar-refractivity contribution in [2.45, 2.75) is 19.9 Å². The molecule has 0 saturated heterocycles. The van der Waals surface area contributed by atoms with Crippen molar-refractivity contribution in [1.82, 2.24) is 14.9 Å². The molecule has 0 saturated carbocycles. The van der Waals surface area contributed by atoms with Crippen molar-refractivity contribution in [3.05, 3.63) is 84.0 Å². The van der Waals surface area contributed by atoms with Crippen molar-refractivity contribution in [2.75, 3.05) is 7.11 Å². The molecule has 5 heteroatoms. The Morgan fingerprint density at radius 1 is 1.22 bits per heavy atom. The molecule has 2 aromatic carbocycles. The SMILES string of the molecule is COc1cc(C=CC(=O)N[C@@H](C)c2ccccc2)ccc1-n1cnc(C)c1. The number of hydrogen-bond acceptors (Lipinski definition) is 3. The van der Waals surface area contributed by atoms with Crippen LogP contribution in [0.25, 0.3) is 11.8 Å². The lowest BCUT2D eigenvalue weighted by Crippen LogP contribution is -2.24. The molecule has 0 bridgehead atoms. The number of benzene rings is 2. The van der Waals surface area contributed by atoms with Crippen LogP contribution < -0.4 is 10.1 Å². The van der Waals surface area contributed by atoms with E-state index in [1.807, 2.05) is 73.1 Å². The van der Waals surface area contributed by atoms with E-state index in [0.717, 1.165) is 22.5 Å². The maximum atomic E-state index is 12.2. The van der Waals surface area contributed by atoms with Gasteiger partial charge in [0.05, 0.1) is 30.9 Å². The summed E-state index contributed by atoms with van der Waals surface area (Å²) in [6.45, 7) is 3.90. The number of hydrogen-bond donors (Lipinski definition) is 1. The van der Waals surface area contributed by atoms with E-state index in [1.165, 1.54) is 6.08 Å². The van der Waals surface area contributed by atoms with Gasteiger partial charge in [-0.25, -0.2) is 4.98 Å². The van der Waals surface area contributed by atoms with Crippen molar-refractivity contribution in [1.29, 1.82) is 0 Å². The summed E-state index contributed by atoms with van der Waals surface area (Å²) in [5.74, 6) is 0.576. The highest BCUT2D eigenvalue weighted by atomic mass is 16.5. The largest absolute Gasteiger partial charge is 0.495 e. The molecule has 3 aromatic rings. The van der Waals surface area contributed by atoms with Gasteiger partial charge in [-0.3, -0.25) is 4.79 Å². The second-order valence-electron chi connectivity index (χ2n) is 6.33. The third kappa shape index (κ3) is 4.64. The monoisotopic (exact) mass is 361 g/mol. The number of aryl methyl sites for hydroxylation is 1. The van der Waals surface area contributed by atoms with E-state index in [0.29, 0.717) is 5.75 Å². The maximum Gasteiger partial charge on any atom is 0.244 e. The van der Waals surface area contributed by atoms with Gasteiger partial charge >= 0.3 is 0 Å². The summed E-state index contributed by atoms with van der Waals surface area (Å²) < 4.78 is 7.41. The van der Waals surface area contributed by atoms with Crippen molar-refractivity contribution < 1.29 is 9.53 Å². The Morgan fingerprint density at radius 3 is 2.67 bits per heavy atom. The molecule has 0 aliphatic heterocycles. The zero-order valence-corrected chi connectivity index (χ0v) is 15.7. The minimum Gasteiger partial charge on any atom is -0.495 e. The third-order valence-electron chi connectivity index (χ3n) is 4.28. The maximum absolute atomic E-state index is 12.2. The van der Waals surface area contributed by atoms with Gasteiger partial charge in [-0.05, 0) is 43.2 Å². The van der Waals surface area contributed by atoms with Crippen LogP contribution >= 0.6 is 0 Å².